The van der Waals surface area contributed by atoms with Crippen molar-refractivity contribution >= 4 is 39.1 Å². The van der Waals surface area contributed by atoms with Crippen LogP contribution in [0.15, 0.2) is 59.0 Å². The van der Waals surface area contributed by atoms with Crippen molar-refractivity contribution in [2.24, 2.45) is 0 Å². The van der Waals surface area contributed by atoms with Gasteiger partial charge in [-0.15, -0.1) is 11.3 Å². The smallest absolute Gasteiger partial charge is 0.337 e. The van der Waals surface area contributed by atoms with Crippen LogP contribution < -0.4 is 10.9 Å². The topological polar surface area (TPSA) is 90.3 Å². The Kier molecular flexibility index (Phi) is 5.87. The zero-order valence-electron chi connectivity index (χ0n) is 17.8. The molecule has 0 fully saturated rings. The predicted octanol–water partition coefficient (Wildman–Crippen LogP) is 4.17. The van der Waals surface area contributed by atoms with Gasteiger partial charge in [-0.3, -0.25) is 14.2 Å². The van der Waals surface area contributed by atoms with Gasteiger partial charge in [0.1, 0.15) is 11.4 Å². The fraction of sp³-hybridized carbons (Fsp3) is 0.167. The Morgan fingerprint density at radius 3 is 2.69 bits per heavy atom. The fourth-order valence-corrected chi connectivity index (χ4v) is 4.49. The highest BCUT2D eigenvalue weighted by atomic mass is 32.1. The summed E-state index contributed by atoms with van der Waals surface area (Å²) in [6.45, 7) is 3.83. The summed E-state index contributed by atoms with van der Waals surface area (Å²) < 4.78 is 5.99. The summed E-state index contributed by atoms with van der Waals surface area (Å²) in [7, 11) is 1.29. The van der Waals surface area contributed by atoms with Gasteiger partial charge in [-0.25, -0.2) is 9.78 Å². The third-order valence-electron chi connectivity index (χ3n) is 5.11. The van der Waals surface area contributed by atoms with E-state index in [1.807, 2.05) is 31.4 Å². The Balaban J connectivity index is 1.63. The van der Waals surface area contributed by atoms with E-state index < -0.39 is 11.9 Å². The standard InChI is InChI=1S/C24H21N3O4S/c1-14-7-8-18(15(2)9-14)19-12-32-22-21(19)23(29)27(13-25-22)11-20(28)26-17-6-4-5-16(10-17)24(30)31-3/h4-10,12-13H,11H2,1-3H3,(H,26,28). The zero-order chi connectivity index (χ0) is 22.8. The van der Waals surface area contributed by atoms with E-state index in [0.717, 1.165) is 22.3 Å². The molecular weight excluding hydrogens is 426 g/mol. The van der Waals surface area contributed by atoms with Crippen molar-refractivity contribution in [1.82, 2.24) is 9.55 Å². The Bertz CT molecular complexity index is 1400. The number of hydrogen-bond acceptors (Lipinski definition) is 6. The van der Waals surface area contributed by atoms with E-state index in [1.54, 1.807) is 18.2 Å². The number of nitrogens with one attached hydrogen (secondary N) is 1. The number of nitrogens with zero attached hydrogens (tertiary/aromatic N) is 2. The number of carbonyl (C=O) groups is 2. The molecule has 0 radical (unpaired) electrons. The number of esters is 1. The minimum Gasteiger partial charge on any atom is -0.465 e. The maximum Gasteiger partial charge on any atom is 0.337 e. The van der Waals surface area contributed by atoms with Gasteiger partial charge in [-0.05, 0) is 43.2 Å². The van der Waals surface area contributed by atoms with Crippen molar-refractivity contribution in [1.29, 1.82) is 0 Å². The van der Waals surface area contributed by atoms with Crippen LogP contribution in [0.4, 0.5) is 5.69 Å². The second kappa shape index (κ2) is 8.76. The van der Waals surface area contributed by atoms with Crippen molar-refractivity contribution in [3.63, 3.8) is 0 Å². The van der Waals surface area contributed by atoms with Gasteiger partial charge in [0.2, 0.25) is 5.91 Å². The van der Waals surface area contributed by atoms with E-state index in [9.17, 15) is 14.4 Å². The summed E-state index contributed by atoms with van der Waals surface area (Å²) in [4.78, 5) is 42.5. The van der Waals surface area contributed by atoms with E-state index in [0.29, 0.717) is 21.5 Å². The van der Waals surface area contributed by atoms with Crippen molar-refractivity contribution in [2.75, 3.05) is 12.4 Å². The van der Waals surface area contributed by atoms with E-state index in [4.69, 9.17) is 4.74 Å². The number of carbonyl (C=O) groups excluding carboxylic acids is 2. The highest BCUT2D eigenvalue weighted by molar-refractivity contribution is 7.17. The summed E-state index contributed by atoms with van der Waals surface area (Å²) in [6.07, 6.45) is 1.39. The third-order valence-corrected chi connectivity index (χ3v) is 6.00. The molecule has 162 valence electrons. The van der Waals surface area contributed by atoms with Crippen LogP contribution in [0.5, 0.6) is 0 Å². The van der Waals surface area contributed by atoms with Crippen LogP contribution in [0, 0.1) is 13.8 Å². The highest BCUT2D eigenvalue weighted by Crippen LogP contribution is 2.33. The summed E-state index contributed by atoms with van der Waals surface area (Å²) in [5, 5.41) is 5.14. The summed E-state index contributed by atoms with van der Waals surface area (Å²) in [6, 6.07) is 12.5. The van der Waals surface area contributed by atoms with Crippen molar-refractivity contribution < 1.29 is 14.3 Å². The molecular formula is C24H21N3O4S. The van der Waals surface area contributed by atoms with Crippen LogP contribution in [0.3, 0.4) is 0 Å². The number of hydrogen-bond donors (Lipinski definition) is 1. The second-order valence-corrected chi connectivity index (χ2v) is 8.30. The second-order valence-electron chi connectivity index (χ2n) is 7.45. The molecule has 1 amide bonds. The van der Waals surface area contributed by atoms with Gasteiger partial charge in [0.15, 0.2) is 0 Å². The number of rotatable bonds is 5. The number of anilines is 1. The minimum atomic E-state index is -0.497. The molecule has 32 heavy (non-hydrogen) atoms. The molecule has 0 aliphatic heterocycles. The molecule has 0 atom stereocenters. The quantitative estimate of drug-likeness (QED) is 0.464. The maximum atomic E-state index is 13.2. The van der Waals surface area contributed by atoms with Crippen LogP contribution >= 0.6 is 11.3 Å². The summed E-state index contributed by atoms with van der Waals surface area (Å²) >= 11 is 1.40. The average molecular weight is 448 g/mol. The van der Waals surface area contributed by atoms with E-state index in [2.05, 4.69) is 16.4 Å². The van der Waals surface area contributed by atoms with Gasteiger partial charge in [-0.1, -0.05) is 29.8 Å². The third kappa shape index (κ3) is 4.17. The highest BCUT2D eigenvalue weighted by Gasteiger charge is 2.16. The van der Waals surface area contributed by atoms with Crippen molar-refractivity contribution in [3.05, 3.63) is 81.2 Å². The number of thiophene rings is 1. The van der Waals surface area contributed by atoms with Crippen LogP contribution in [0.2, 0.25) is 0 Å². The molecule has 2 aromatic heterocycles. The molecule has 0 bridgehead atoms. The first kappa shape index (κ1) is 21.5. The average Bonchev–Trinajstić information content (AvgIpc) is 3.20. The number of fused-ring (bicyclic) bond motifs is 1. The van der Waals surface area contributed by atoms with Gasteiger partial charge in [0.25, 0.3) is 5.56 Å². The Labute approximate surface area is 188 Å². The molecule has 0 spiro atoms. The van der Waals surface area contributed by atoms with Gasteiger partial charge >= 0.3 is 5.97 Å². The largest absolute Gasteiger partial charge is 0.465 e. The molecule has 0 aliphatic carbocycles. The molecule has 0 aliphatic rings. The Hall–Kier alpha value is -3.78. The number of ether oxygens (including phenoxy) is 1. The minimum absolute atomic E-state index is 0.202. The van der Waals surface area contributed by atoms with Crippen molar-refractivity contribution in [3.8, 4) is 11.1 Å². The molecule has 0 unspecified atom stereocenters. The van der Waals surface area contributed by atoms with Crippen LogP contribution in [-0.2, 0) is 16.1 Å². The number of aryl methyl sites for hydroxylation is 2. The number of amides is 1. The Morgan fingerprint density at radius 1 is 1.12 bits per heavy atom. The molecule has 4 aromatic rings. The SMILES string of the molecule is COC(=O)c1cccc(NC(=O)Cn2cnc3scc(-c4ccc(C)cc4C)c3c2=O)c1. The summed E-state index contributed by atoms with van der Waals surface area (Å²) in [5.74, 6) is -0.901. The van der Waals surface area contributed by atoms with Gasteiger partial charge in [-0.2, -0.15) is 0 Å². The first-order valence-electron chi connectivity index (χ1n) is 9.90. The molecule has 2 heterocycles. The van der Waals surface area contributed by atoms with Crippen LogP contribution in [0.1, 0.15) is 21.5 Å². The lowest BCUT2D eigenvalue weighted by molar-refractivity contribution is -0.116. The van der Waals surface area contributed by atoms with Crippen LogP contribution in [-0.4, -0.2) is 28.5 Å². The fourth-order valence-electron chi connectivity index (χ4n) is 3.59. The number of benzene rings is 2. The van der Waals surface area contributed by atoms with E-state index >= 15 is 0 Å². The van der Waals surface area contributed by atoms with Crippen molar-refractivity contribution in [2.45, 2.75) is 20.4 Å². The normalized spacial score (nSPS) is 10.8. The molecule has 4 rings (SSSR count). The van der Waals surface area contributed by atoms with Gasteiger partial charge in [0, 0.05) is 16.6 Å². The summed E-state index contributed by atoms with van der Waals surface area (Å²) in [5.41, 5.74) is 4.50. The lowest BCUT2D eigenvalue weighted by Crippen LogP contribution is -2.27. The van der Waals surface area contributed by atoms with Gasteiger partial charge < -0.3 is 10.1 Å². The molecule has 0 saturated heterocycles. The molecule has 1 N–H and O–H groups in total. The molecule has 2 aromatic carbocycles. The van der Waals surface area contributed by atoms with E-state index in [-0.39, 0.29) is 12.1 Å². The zero-order valence-corrected chi connectivity index (χ0v) is 18.7. The lowest BCUT2D eigenvalue weighted by Gasteiger charge is -2.09. The Morgan fingerprint density at radius 2 is 1.94 bits per heavy atom. The number of aromatic nitrogens is 2. The van der Waals surface area contributed by atoms with E-state index in [1.165, 1.54) is 35.4 Å². The molecule has 7 nitrogen and oxygen atoms in total. The predicted molar refractivity (Wildman–Crippen MR) is 125 cm³/mol. The lowest BCUT2D eigenvalue weighted by atomic mass is 9.99. The number of methoxy groups -OCH3 is 1. The molecule has 0 saturated carbocycles. The molecule has 8 heteroatoms. The monoisotopic (exact) mass is 447 g/mol. The van der Waals surface area contributed by atoms with Crippen LogP contribution in [0.25, 0.3) is 21.3 Å². The first-order chi connectivity index (χ1) is 15.4. The maximum absolute atomic E-state index is 13.2. The van der Waals surface area contributed by atoms with Gasteiger partial charge in [0.05, 0.1) is 24.4 Å². The first-order valence-corrected chi connectivity index (χ1v) is 10.8.